The summed E-state index contributed by atoms with van der Waals surface area (Å²) in [6, 6.07) is 3.58. The molecule has 3 rings (SSSR count). The lowest BCUT2D eigenvalue weighted by Gasteiger charge is -2.37. The van der Waals surface area contributed by atoms with E-state index in [-0.39, 0.29) is 29.9 Å². The third-order valence-corrected chi connectivity index (χ3v) is 8.88. The third-order valence-electron chi connectivity index (χ3n) is 5.35. The van der Waals surface area contributed by atoms with Gasteiger partial charge in [0, 0.05) is 32.0 Å². The van der Waals surface area contributed by atoms with Gasteiger partial charge >= 0.3 is 0 Å². The van der Waals surface area contributed by atoms with Gasteiger partial charge in [-0.25, -0.2) is 8.42 Å². The summed E-state index contributed by atoms with van der Waals surface area (Å²) in [5.74, 6) is 0.484. The molecule has 0 bridgehead atoms. The van der Waals surface area contributed by atoms with Crippen LogP contribution in [0.5, 0.6) is 0 Å². The molecule has 1 N–H and O–H groups in total. The molecular weight excluding hydrogens is 360 g/mol. The lowest BCUT2D eigenvalue weighted by molar-refractivity contribution is -0.121. The predicted octanol–water partition coefficient (Wildman–Crippen LogP) is 1.86. The summed E-state index contributed by atoms with van der Waals surface area (Å²) >= 11 is 1.36. The van der Waals surface area contributed by atoms with Gasteiger partial charge in [-0.3, -0.25) is 4.79 Å². The first kappa shape index (κ1) is 18.8. The number of fused-ring (bicyclic) bond motifs is 1. The zero-order chi connectivity index (χ0) is 18.2. The normalized spacial score (nSPS) is 30.2. The Bertz CT molecular complexity index is 731. The molecule has 0 spiro atoms. The maximum atomic E-state index is 13.0. The van der Waals surface area contributed by atoms with Crippen LogP contribution in [0.15, 0.2) is 16.3 Å². The van der Waals surface area contributed by atoms with Crippen LogP contribution in [0.2, 0.25) is 0 Å². The van der Waals surface area contributed by atoms with Crippen LogP contribution in [0.25, 0.3) is 0 Å². The first-order valence-electron chi connectivity index (χ1n) is 8.73. The quantitative estimate of drug-likeness (QED) is 0.838. The van der Waals surface area contributed by atoms with Crippen molar-refractivity contribution in [2.45, 2.75) is 49.5 Å². The minimum absolute atomic E-state index is 0.0418. The average Bonchev–Trinajstić information content (AvgIpc) is 3.20. The van der Waals surface area contributed by atoms with Gasteiger partial charge in [-0.2, -0.15) is 4.31 Å². The molecule has 6 nitrogen and oxygen atoms in total. The van der Waals surface area contributed by atoms with E-state index < -0.39 is 10.0 Å². The Morgan fingerprint density at radius 2 is 2.00 bits per heavy atom. The molecule has 1 aliphatic heterocycles. The molecule has 0 radical (unpaired) electrons. The second kappa shape index (κ2) is 7.34. The van der Waals surface area contributed by atoms with E-state index in [0.717, 1.165) is 24.1 Å². The number of sulfonamides is 1. The number of hydrogen-bond donors (Lipinski definition) is 1. The molecule has 1 saturated carbocycles. The first-order chi connectivity index (χ1) is 11.8. The zero-order valence-electron chi connectivity index (χ0n) is 14.9. The van der Waals surface area contributed by atoms with E-state index in [1.807, 2.05) is 13.0 Å². The van der Waals surface area contributed by atoms with Gasteiger partial charge in [0.05, 0.1) is 12.1 Å². The Balaban J connectivity index is 1.75. The number of nitrogens with one attached hydrogen (secondary N) is 1. The highest BCUT2D eigenvalue weighted by molar-refractivity contribution is 7.91. The molecule has 4 atom stereocenters. The van der Waals surface area contributed by atoms with Crippen LogP contribution in [0.1, 0.15) is 31.6 Å². The number of ether oxygens (including phenoxy) is 1. The maximum absolute atomic E-state index is 13.0. The molecule has 2 heterocycles. The number of carbonyl (C=O) groups excluding carboxylic acids is 1. The van der Waals surface area contributed by atoms with Gasteiger partial charge in [-0.05, 0) is 43.2 Å². The molecule has 0 unspecified atom stereocenters. The number of methoxy groups -OCH3 is 1. The fraction of sp³-hybridized carbons (Fsp3) is 0.706. The van der Waals surface area contributed by atoms with Crippen LogP contribution in [0.4, 0.5) is 0 Å². The van der Waals surface area contributed by atoms with Crippen LogP contribution in [0, 0.1) is 11.8 Å². The van der Waals surface area contributed by atoms with Crippen LogP contribution in [-0.4, -0.2) is 51.0 Å². The Morgan fingerprint density at radius 3 is 2.56 bits per heavy atom. The van der Waals surface area contributed by atoms with E-state index in [2.05, 4.69) is 5.32 Å². The van der Waals surface area contributed by atoms with Crippen LogP contribution < -0.4 is 5.32 Å². The molecule has 25 heavy (non-hydrogen) atoms. The van der Waals surface area contributed by atoms with Crippen LogP contribution >= 0.6 is 11.3 Å². The van der Waals surface area contributed by atoms with Crippen molar-refractivity contribution in [3.8, 4) is 0 Å². The lowest BCUT2D eigenvalue weighted by atomic mass is 9.77. The van der Waals surface area contributed by atoms with Crippen molar-refractivity contribution < 1.29 is 17.9 Å². The highest BCUT2D eigenvalue weighted by Gasteiger charge is 2.46. The van der Waals surface area contributed by atoms with Gasteiger partial charge in [-0.1, -0.05) is 6.92 Å². The Hall–Kier alpha value is -0.960. The van der Waals surface area contributed by atoms with Gasteiger partial charge in [0.2, 0.25) is 5.91 Å². The van der Waals surface area contributed by atoms with E-state index in [4.69, 9.17) is 4.74 Å². The van der Waals surface area contributed by atoms with Crippen molar-refractivity contribution in [3.05, 3.63) is 17.0 Å². The van der Waals surface area contributed by atoms with Gasteiger partial charge < -0.3 is 10.1 Å². The monoisotopic (exact) mass is 386 g/mol. The number of nitrogens with zero attached hydrogens (tertiary/aromatic N) is 1. The van der Waals surface area contributed by atoms with E-state index in [9.17, 15) is 13.2 Å². The molecule has 140 valence electrons. The third kappa shape index (κ3) is 3.77. The summed E-state index contributed by atoms with van der Waals surface area (Å²) < 4.78 is 33.5. The largest absolute Gasteiger partial charge is 0.379 e. The summed E-state index contributed by atoms with van der Waals surface area (Å²) in [6.45, 7) is 4.60. The zero-order valence-corrected chi connectivity index (χ0v) is 16.5. The number of carbonyl (C=O) groups is 1. The van der Waals surface area contributed by atoms with Crippen LogP contribution in [0.3, 0.4) is 0 Å². The summed E-state index contributed by atoms with van der Waals surface area (Å²) in [5.41, 5.74) is 0. The van der Waals surface area contributed by atoms with Gasteiger partial charge in [0.1, 0.15) is 4.21 Å². The predicted molar refractivity (Wildman–Crippen MR) is 97.1 cm³/mol. The van der Waals surface area contributed by atoms with Crippen molar-refractivity contribution in [2.75, 3.05) is 20.2 Å². The molecule has 1 amide bonds. The number of aryl methyl sites for hydroxylation is 1. The fourth-order valence-corrected chi connectivity index (χ4v) is 7.06. The van der Waals surface area contributed by atoms with Crippen molar-refractivity contribution in [3.63, 3.8) is 0 Å². The molecular formula is C17H26N2O4S2. The SMILES string of the molecule is CCc1ccc(S(=O)(=O)N2C[C@H]3C[C@@H](NC(C)=O)[C@H](OC)C[C@H]3C2)s1. The molecule has 2 fully saturated rings. The van der Waals surface area contributed by atoms with E-state index >= 15 is 0 Å². The lowest BCUT2D eigenvalue weighted by Crippen LogP contribution is -2.49. The second-order valence-electron chi connectivity index (χ2n) is 6.97. The molecule has 1 saturated heterocycles. The summed E-state index contributed by atoms with van der Waals surface area (Å²) in [6.07, 6.45) is 2.34. The first-order valence-corrected chi connectivity index (χ1v) is 11.0. The maximum Gasteiger partial charge on any atom is 0.252 e. The highest BCUT2D eigenvalue weighted by Crippen LogP contribution is 2.40. The molecule has 1 aromatic heterocycles. The molecule has 0 aromatic carbocycles. The fourth-order valence-electron chi connectivity index (χ4n) is 4.05. The van der Waals surface area contributed by atoms with E-state index in [1.165, 1.54) is 18.3 Å². The number of hydrogen-bond acceptors (Lipinski definition) is 5. The standard InChI is InChI=1S/C17H26N2O4S2/c1-4-14-5-6-17(24-14)25(21,22)19-9-12-7-15(18-11(2)20)16(23-3)8-13(12)10-19/h5-6,12-13,15-16H,4,7-10H2,1-3H3,(H,18,20)/t12-,13+,15-,16-/m1/s1. The smallest absolute Gasteiger partial charge is 0.252 e. The summed E-state index contributed by atoms with van der Waals surface area (Å²) in [5, 5.41) is 2.96. The van der Waals surface area contributed by atoms with Crippen LogP contribution in [-0.2, 0) is 26.0 Å². The Kier molecular flexibility index (Phi) is 5.53. The average molecular weight is 387 g/mol. The van der Waals surface area contributed by atoms with Gasteiger partial charge in [0.25, 0.3) is 10.0 Å². The van der Waals surface area contributed by atoms with Crippen molar-refractivity contribution in [1.29, 1.82) is 0 Å². The molecule has 1 aliphatic carbocycles. The van der Waals surface area contributed by atoms with Crippen molar-refractivity contribution >= 4 is 27.3 Å². The Morgan fingerprint density at radius 1 is 1.32 bits per heavy atom. The summed E-state index contributed by atoms with van der Waals surface area (Å²) in [4.78, 5) is 12.5. The van der Waals surface area contributed by atoms with E-state index in [1.54, 1.807) is 17.5 Å². The number of amides is 1. The van der Waals surface area contributed by atoms with E-state index in [0.29, 0.717) is 17.3 Å². The van der Waals surface area contributed by atoms with Gasteiger partial charge in [-0.15, -0.1) is 11.3 Å². The second-order valence-corrected chi connectivity index (χ2v) is 10.3. The number of rotatable bonds is 5. The minimum atomic E-state index is -3.43. The highest BCUT2D eigenvalue weighted by atomic mass is 32.2. The number of thiophene rings is 1. The molecule has 2 aliphatic rings. The molecule has 8 heteroatoms. The van der Waals surface area contributed by atoms with Gasteiger partial charge in [0.15, 0.2) is 0 Å². The molecule has 1 aromatic rings. The summed E-state index contributed by atoms with van der Waals surface area (Å²) in [7, 11) is -1.77. The van der Waals surface area contributed by atoms with Crippen molar-refractivity contribution in [2.24, 2.45) is 11.8 Å². The topological polar surface area (TPSA) is 75.7 Å². The Labute approximate surface area is 153 Å². The minimum Gasteiger partial charge on any atom is -0.379 e. The van der Waals surface area contributed by atoms with Crippen molar-refractivity contribution in [1.82, 2.24) is 9.62 Å².